The Morgan fingerprint density at radius 1 is 1.14 bits per heavy atom. The van der Waals surface area contributed by atoms with Crippen molar-refractivity contribution in [3.63, 3.8) is 0 Å². The first-order valence-electron chi connectivity index (χ1n) is 11.3. The van der Waals surface area contributed by atoms with E-state index in [1.165, 1.54) is 4.52 Å². The zero-order chi connectivity index (χ0) is 24.5. The molecular formula is C25H26N6O4. The van der Waals surface area contributed by atoms with Gasteiger partial charge in [-0.05, 0) is 54.8 Å². The maximum Gasteiger partial charge on any atom is 0.320 e. The van der Waals surface area contributed by atoms with Crippen molar-refractivity contribution in [1.82, 2.24) is 24.5 Å². The number of anilines is 1. The molecule has 4 aromatic rings. The molecule has 1 aromatic carbocycles. The second-order valence-corrected chi connectivity index (χ2v) is 8.74. The number of ketones is 1. The molecule has 1 fully saturated rings. The monoisotopic (exact) mass is 474 g/mol. The summed E-state index contributed by atoms with van der Waals surface area (Å²) < 4.78 is 14.4. The standard InChI is InChI=1S/C25H26N6O4/c1-15-8-20(30(3)11-15)21(32)10-17-9-19(5-4-16(17)2)35-24-7-6-23-27-22(12-31(23)29-24)28-25(33)26-18-13-34-14-18/h4-9,11-12,18H,10,13-14H2,1-3H3,(H2,26,28,33). The average molecular weight is 475 g/mol. The Bertz CT molecular complexity index is 1420. The smallest absolute Gasteiger partial charge is 0.320 e. The summed E-state index contributed by atoms with van der Waals surface area (Å²) in [5, 5.41) is 9.93. The number of benzene rings is 1. The van der Waals surface area contributed by atoms with Gasteiger partial charge in [-0.25, -0.2) is 14.3 Å². The molecule has 0 atom stereocenters. The van der Waals surface area contributed by atoms with E-state index in [-0.39, 0.29) is 24.3 Å². The van der Waals surface area contributed by atoms with Gasteiger partial charge in [0.2, 0.25) is 5.88 Å². The molecule has 0 aliphatic carbocycles. The Hall–Kier alpha value is -4.18. The number of Topliss-reactive ketones (excluding diaryl/α,β-unsaturated/α-hetero) is 1. The van der Waals surface area contributed by atoms with Gasteiger partial charge in [-0.1, -0.05) is 6.07 Å². The molecule has 1 saturated heterocycles. The average Bonchev–Trinajstić information content (AvgIpc) is 3.34. The van der Waals surface area contributed by atoms with Crippen LogP contribution in [-0.2, 0) is 18.2 Å². The number of hydrogen-bond acceptors (Lipinski definition) is 6. The number of nitrogens with zero attached hydrogens (tertiary/aromatic N) is 4. The Labute approximate surface area is 201 Å². The lowest BCUT2D eigenvalue weighted by atomic mass is 10.0. The summed E-state index contributed by atoms with van der Waals surface area (Å²) in [6.07, 6.45) is 3.83. The van der Waals surface area contributed by atoms with E-state index in [0.29, 0.717) is 42.0 Å². The minimum atomic E-state index is -0.342. The van der Waals surface area contributed by atoms with E-state index in [4.69, 9.17) is 9.47 Å². The predicted molar refractivity (Wildman–Crippen MR) is 129 cm³/mol. The summed E-state index contributed by atoms with van der Waals surface area (Å²) in [7, 11) is 1.88. The lowest BCUT2D eigenvalue weighted by molar-refractivity contribution is 0.000731. The molecular weight excluding hydrogens is 448 g/mol. The van der Waals surface area contributed by atoms with Gasteiger partial charge in [0.05, 0.1) is 31.1 Å². The van der Waals surface area contributed by atoms with Crippen molar-refractivity contribution in [2.75, 3.05) is 18.5 Å². The Balaban J connectivity index is 1.28. The Morgan fingerprint density at radius 2 is 1.97 bits per heavy atom. The van der Waals surface area contributed by atoms with E-state index in [9.17, 15) is 9.59 Å². The minimum absolute atomic E-state index is 0.0245. The highest BCUT2D eigenvalue weighted by Crippen LogP contribution is 2.24. The molecule has 3 aromatic heterocycles. The van der Waals surface area contributed by atoms with Gasteiger partial charge in [0.15, 0.2) is 17.2 Å². The Kier molecular flexibility index (Phi) is 5.96. The van der Waals surface area contributed by atoms with Crippen LogP contribution < -0.4 is 15.4 Å². The van der Waals surface area contributed by atoms with Crippen LogP contribution >= 0.6 is 0 Å². The summed E-state index contributed by atoms with van der Waals surface area (Å²) in [6.45, 7) is 4.98. The normalized spacial score (nSPS) is 13.5. The maximum absolute atomic E-state index is 12.8. The van der Waals surface area contributed by atoms with Crippen molar-refractivity contribution < 1.29 is 19.1 Å². The van der Waals surface area contributed by atoms with Crippen LogP contribution in [0.1, 0.15) is 27.2 Å². The van der Waals surface area contributed by atoms with Crippen LogP contribution in [0.5, 0.6) is 11.6 Å². The van der Waals surface area contributed by atoms with Gasteiger partial charge >= 0.3 is 6.03 Å². The number of hydrogen-bond donors (Lipinski definition) is 2. The van der Waals surface area contributed by atoms with E-state index in [1.54, 1.807) is 18.3 Å². The first kappa shape index (κ1) is 22.6. The number of aryl methyl sites for hydroxylation is 3. The molecule has 35 heavy (non-hydrogen) atoms. The molecule has 4 heterocycles. The number of nitrogens with one attached hydrogen (secondary N) is 2. The molecule has 10 heteroatoms. The van der Waals surface area contributed by atoms with Crippen molar-refractivity contribution in [2.45, 2.75) is 26.3 Å². The summed E-state index contributed by atoms with van der Waals surface area (Å²) in [5.41, 5.74) is 4.20. The third-order valence-electron chi connectivity index (χ3n) is 5.83. The number of urea groups is 1. The summed E-state index contributed by atoms with van der Waals surface area (Å²) in [4.78, 5) is 29.2. The molecule has 0 spiro atoms. The molecule has 0 unspecified atom stereocenters. The zero-order valence-electron chi connectivity index (χ0n) is 19.7. The Morgan fingerprint density at radius 3 is 2.69 bits per heavy atom. The third-order valence-corrected chi connectivity index (χ3v) is 5.83. The van der Waals surface area contributed by atoms with Crippen molar-refractivity contribution >= 4 is 23.3 Å². The molecule has 2 amide bonds. The molecule has 10 nitrogen and oxygen atoms in total. The van der Waals surface area contributed by atoms with Crippen LogP contribution in [0.2, 0.25) is 0 Å². The van der Waals surface area contributed by atoms with Crippen molar-refractivity contribution in [3.05, 3.63) is 71.2 Å². The first-order valence-corrected chi connectivity index (χ1v) is 11.3. The van der Waals surface area contributed by atoms with Crippen LogP contribution in [0.25, 0.3) is 5.65 Å². The second-order valence-electron chi connectivity index (χ2n) is 8.74. The van der Waals surface area contributed by atoms with E-state index >= 15 is 0 Å². The number of imidazole rings is 1. The van der Waals surface area contributed by atoms with Crippen LogP contribution in [0.15, 0.2) is 48.8 Å². The van der Waals surface area contributed by atoms with E-state index in [0.717, 1.165) is 16.7 Å². The maximum atomic E-state index is 12.8. The highest BCUT2D eigenvalue weighted by Gasteiger charge is 2.20. The first-order chi connectivity index (χ1) is 16.8. The summed E-state index contributed by atoms with van der Waals surface area (Å²) >= 11 is 0. The second kappa shape index (κ2) is 9.22. The van der Waals surface area contributed by atoms with E-state index < -0.39 is 0 Å². The SMILES string of the molecule is Cc1cc(C(=O)Cc2cc(Oc3ccc4nc(NC(=O)NC5COC5)cn4n3)ccc2C)n(C)c1. The third kappa shape index (κ3) is 5.02. The van der Waals surface area contributed by atoms with Crippen LogP contribution in [-0.4, -0.2) is 50.2 Å². The van der Waals surface area contributed by atoms with Gasteiger partial charge < -0.3 is 19.4 Å². The number of rotatable bonds is 7. The molecule has 1 aliphatic rings. The largest absolute Gasteiger partial charge is 0.438 e. The minimum Gasteiger partial charge on any atom is -0.438 e. The molecule has 1 aliphatic heterocycles. The number of amides is 2. The van der Waals surface area contributed by atoms with Crippen molar-refractivity contribution in [1.29, 1.82) is 0 Å². The van der Waals surface area contributed by atoms with Gasteiger partial charge in [0, 0.05) is 25.7 Å². The number of carbonyl (C=O) groups is 2. The predicted octanol–water partition coefficient (Wildman–Crippen LogP) is 3.42. The number of aromatic nitrogens is 4. The lowest BCUT2D eigenvalue weighted by Crippen LogP contribution is -2.50. The highest BCUT2D eigenvalue weighted by atomic mass is 16.5. The fourth-order valence-electron chi connectivity index (χ4n) is 3.93. The van der Waals surface area contributed by atoms with E-state index in [2.05, 4.69) is 20.7 Å². The van der Waals surface area contributed by atoms with Gasteiger partial charge in [0.1, 0.15) is 5.75 Å². The number of ether oxygens (including phenoxy) is 2. The quantitative estimate of drug-likeness (QED) is 0.397. The number of fused-ring (bicyclic) bond motifs is 1. The van der Waals surface area contributed by atoms with Gasteiger partial charge in [-0.2, -0.15) is 0 Å². The topological polar surface area (TPSA) is 112 Å². The molecule has 0 saturated carbocycles. The fourth-order valence-corrected chi connectivity index (χ4v) is 3.93. The van der Waals surface area contributed by atoms with E-state index in [1.807, 2.05) is 55.9 Å². The lowest BCUT2D eigenvalue weighted by Gasteiger charge is -2.26. The van der Waals surface area contributed by atoms with Crippen molar-refractivity contribution in [3.8, 4) is 11.6 Å². The highest BCUT2D eigenvalue weighted by molar-refractivity contribution is 5.96. The molecule has 0 bridgehead atoms. The molecule has 0 radical (unpaired) electrons. The van der Waals surface area contributed by atoms with Crippen LogP contribution in [0.3, 0.4) is 0 Å². The molecule has 5 rings (SSSR count). The van der Waals surface area contributed by atoms with Crippen molar-refractivity contribution in [2.24, 2.45) is 7.05 Å². The van der Waals surface area contributed by atoms with Crippen LogP contribution in [0, 0.1) is 13.8 Å². The number of carbonyl (C=O) groups excluding carboxylic acids is 2. The summed E-state index contributed by atoms with van der Waals surface area (Å²) in [5.74, 6) is 1.36. The fraction of sp³-hybridized carbons (Fsp3) is 0.280. The zero-order valence-corrected chi connectivity index (χ0v) is 19.7. The molecule has 180 valence electrons. The van der Waals surface area contributed by atoms with Crippen LogP contribution in [0.4, 0.5) is 10.6 Å². The van der Waals surface area contributed by atoms with Gasteiger partial charge in [-0.15, -0.1) is 5.10 Å². The molecule has 2 N–H and O–H groups in total. The van der Waals surface area contributed by atoms with Gasteiger partial charge in [0.25, 0.3) is 0 Å². The van der Waals surface area contributed by atoms with Gasteiger partial charge in [-0.3, -0.25) is 10.1 Å². The summed E-state index contributed by atoms with van der Waals surface area (Å²) in [6, 6.07) is 10.7.